The summed E-state index contributed by atoms with van der Waals surface area (Å²) >= 11 is 9.35. The molecule has 1 heterocycles. The van der Waals surface area contributed by atoms with E-state index < -0.39 is 28.9 Å². The maximum atomic E-state index is 12.7. The van der Waals surface area contributed by atoms with E-state index in [-0.39, 0.29) is 22.0 Å². The minimum Gasteiger partial charge on any atom is -0.505 e. The quantitative estimate of drug-likeness (QED) is 0.496. The first-order valence-corrected chi connectivity index (χ1v) is 9.40. The lowest BCUT2D eigenvalue weighted by molar-refractivity contribution is 0.0693. The van der Waals surface area contributed by atoms with Gasteiger partial charge >= 0.3 is 5.97 Å². The van der Waals surface area contributed by atoms with Gasteiger partial charge in [0.05, 0.1) is 23.5 Å². The third kappa shape index (κ3) is 4.29. The largest absolute Gasteiger partial charge is 0.505 e. The fraction of sp³-hybridized carbons (Fsp3) is 0.0526. The van der Waals surface area contributed by atoms with Gasteiger partial charge in [0.1, 0.15) is 11.3 Å². The number of hydrogen-bond donors (Lipinski definition) is 3. The van der Waals surface area contributed by atoms with Gasteiger partial charge in [-0.3, -0.25) is 9.59 Å². The van der Waals surface area contributed by atoms with Crippen LogP contribution < -0.4 is 15.6 Å². The summed E-state index contributed by atoms with van der Waals surface area (Å²) in [6, 6.07) is 9.78. The molecule has 0 bridgehead atoms. The summed E-state index contributed by atoms with van der Waals surface area (Å²) in [5, 5.41) is 25.6. The Hall–Kier alpha value is -3.37. The molecule has 0 aliphatic rings. The van der Waals surface area contributed by atoms with E-state index in [1.54, 1.807) is 24.3 Å². The van der Waals surface area contributed by atoms with E-state index in [1.807, 2.05) is 0 Å². The highest BCUT2D eigenvalue weighted by molar-refractivity contribution is 9.10. The number of carbonyl (C=O) groups excluding carboxylic acids is 1. The van der Waals surface area contributed by atoms with Gasteiger partial charge in [-0.1, -0.05) is 27.5 Å². The number of carboxylic acids is 1. The summed E-state index contributed by atoms with van der Waals surface area (Å²) in [5.74, 6) is -2.78. The Labute approximate surface area is 182 Å². The maximum Gasteiger partial charge on any atom is 0.339 e. The second-order valence-electron chi connectivity index (χ2n) is 5.90. The van der Waals surface area contributed by atoms with Crippen molar-refractivity contribution >= 4 is 45.1 Å². The molecule has 0 saturated carbocycles. The molecule has 0 spiro atoms. The van der Waals surface area contributed by atoms with Crippen molar-refractivity contribution in [3.63, 3.8) is 0 Å². The SMILES string of the molecule is COc1cc(NC(=O)c2nn(-c3ccc(Br)cc3)c(=O)cc2O)c(Cl)cc1C(=O)O. The standard InChI is InChI=1S/C19H13BrClN3O6/c1-30-15-7-13(12(21)6-11(15)19(28)29)22-18(27)17-14(25)8-16(26)24(23-17)10-4-2-9(20)3-5-10/h2-8,25H,1H3,(H,22,27)(H,28,29). The van der Waals surface area contributed by atoms with E-state index >= 15 is 0 Å². The molecule has 1 amide bonds. The summed E-state index contributed by atoms with van der Waals surface area (Å²) in [7, 11) is 1.27. The van der Waals surface area contributed by atoms with Gasteiger partial charge in [-0.15, -0.1) is 0 Å². The topological polar surface area (TPSA) is 131 Å². The minimum atomic E-state index is -1.26. The number of carboxylic acid groups (broad SMARTS) is 1. The zero-order chi connectivity index (χ0) is 22.0. The molecule has 0 atom stereocenters. The van der Waals surface area contributed by atoms with Crippen molar-refractivity contribution in [1.29, 1.82) is 0 Å². The number of amides is 1. The van der Waals surface area contributed by atoms with Gasteiger partial charge in [-0.25, -0.2) is 4.79 Å². The van der Waals surface area contributed by atoms with Crippen molar-refractivity contribution in [2.45, 2.75) is 0 Å². The van der Waals surface area contributed by atoms with Gasteiger partial charge in [0.15, 0.2) is 11.4 Å². The number of carbonyl (C=O) groups is 2. The molecule has 11 heteroatoms. The van der Waals surface area contributed by atoms with Gasteiger partial charge < -0.3 is 20.3 Å². The number of halogens is 2. The lowest BCUT2D eigenvalue weighted by Crippen LogP contribution is -2.25. The number of aromatic nitrogens is 2. The predicted molar refractivity (Wildman–Crippen MR) is 112 cm³/mol. The lowest BCUT2D eigenvalue weighted by Gasteiger charge is -2.12. The number of ether oxygens (including phenoxy) is 1. The summed E-state index contributed by atoms with van der Waals surface area (Å²) in [6.07, 6.45) is 0. The number of benzene rings is 2. The Balaban J connectivity index is 2.00. The van der Waals surface area contributed by atoms with E-state index in [0.29, 0.717) is 5.69 Å². The van der Waals surface area contributed by atoms with Crippen LogP contribution in [-0.2, 0) is 0 Å². The van der Waals surface area contributed by atoms with Gasteiger partial charge in [0.2, 0.25) is 0 Å². The van der Waals surface area contributed by atoms with Gasteiger partial charge in [0.25, 0.3) is 11.5 Å². The molecule has 0 aliphatic heterocycles. The highest BCUT2D eigenvalue weighted by Gasteiger charge is 2.20. The molecule has 154 valence electrons. The van der Waals surface area contributed by atoms with Crippen LogP contribution in [0.2, 0.25) is 5.02 Å². The van der Waals surface area contributed by atoms with Crippen LogP contribution in [0.5, 0.6) is 11.5 Å². The molecule has 2 aromatic carbocycles. The minimum absolute atomic E-state index is 0.0285. The van der Waals surface area contributed by atoms with Gasteiger partial charge in [-0.05, 0) is 30.3 Å². The molecular weight excluding hydrogens is 482 g/mol. The molecule has 30 heavy (non-hydrogen) atoms. The molecule has 9 nitrogen and oxygen atoms in total. The number of nitrogens with one attached hydrogen (secondary N) is 1. The third-order valence-electron chi connectivity index (χ3n) is 3.97. The summed E-state index contributed by atoms with van der Waals surface area (Å²) in [6.45, 7) is 0. The highest BCUT2D eigenvalue weighted by Crippen LogP contribution is 2.31. The van der Waals surface area contributed by atoms with Crippen molar-refractivity contribution in [3.8, 4) is 17.2 Å². The first-order valence-electron chi connectivity index (χ1n) is 8.22. The lowest BCUT2D eigenvalue weighted by atomic mass is 10.1. The van der Waals surface area contributed by atoms with Crippen molar-refractivity contribution < 1.29 is 24.5 Å². The van der Waals surface area contributed by atoms with Crippen molar-refractivity contribution in [3.05, 3.63) is 73.6 Å². The zero-order valence-electron chi connectivity index (χ0n) is 15.2. The first-order chi connectivity index (χ1) is 14.2. The predicted octanol–water partition coefficient (Wildman–Crippen LogP) is 3.31. The van der Waals surface area contributed by atoms with Crippen LogP contribution in [0.25, 0.3) is 5.69 Å². The van der Waals surface area contributed by atoms with Crippen LogP contribution in [0.15, 0.2) is 51.7 Å². The first kappa shape index (κ1) is 21.3. The van der Waals surface area contributed by atoms with Crippen molar-refractivity contribution in [1.82, 2.24) is 9.78 Å². The fourth-order valence-electron chi connectivity index (χ4n) is 2.54. The monoisotopic (exact) mass is 493 g/mol. The number of aromatic hydroxyl groups is 1. The average Bonchev–Trinajstić information content (AvgIpc) is 2.70. The number of nitrogens with zero attached hydrogens (tertiary/aromatic N) is 2. The molecule has 3 aromatic rings. The van der Waals surface area contributed by atoms with Crippen LogP contribution in [0.1, 0.15) is 20.8 Å². The Bertz CT molecular complexity index is 1210. The molecule has 0 radical (unpaired) electrons. The number of hydrogen-bond acceptors (Lipinski definition) is 6. The summed E-state index contributed by atoms with van der Waals surface area (Å²) < 4.78 is 6.75. The number of methoxy groups -OCH3 is 1. The Morgan fingerprint density at radius 1 is 1.20 bits per heavy atom. The van der Waals surface area contributed by atoms with E-state index in [9.17, 15) is 24.6 Å². The van der Waals surface area contributed by atoms with E-state index in [2.05, 4.69) is 26.3 Å². The van der Waals surface area contributed by atoms with Crippen LogP contribution in [0.3, 0.4) is 0 Å². The molecule has 1 aromatic heterocycles. The van der Waals surface area contributed by atoms with Crippen molar-refractivity contribution in [2.75, 3.05) is 12.4 Å². The van der Waals surface area contributed by atoms with Gasteiger partial charge in [-0.2, -0.15) is 9.78 Å². The maximum absolute atomic E-state index is 12.7. The Kier molecular flexibility index (Phi) is 6.09. The smallest absolute Gasteiger partial charge is 0.339 e. The number of anilines is 1. The molecule has 0 saturated heterocycles. The van der Waals surface area contributed by atoms with Crippen LogP contribution >= 0.6 is 27.5 Å². The molecule has 0 fully saturated rings. The van der Waals surface area contributed by atoms with Crippen LogP contribution in [-0.4, -0.2) is 39.0 Å². The van der Waals surface area contributed by atoms with E-state index in [4.69, 9.17) is 16.3 Å². The Morgan fingerprint density at radius 3 is 2.47 bits per heavy atom. The van der Waals surface area contributed by atoms with E-state index in [0.717, 1.165) is 21.3 Å². The highest BCUT2D eigenvalue weighted by atomic mass is 79.9. The zero-order valence-corrected chi connectivity index (χ0v) is 17.6. The fourth-order valence-corrected chi connectivity index (χ4v) is 3.02. The molecular formula is C19H13BrClN3O6. The molecule has 0 aliphatic carbocycles. The molecule has 3 rings (SSSR count). The molecule has 0 unspecified atom stereocenters. The summed E-state index contributed by atoms with van der Waals surface area (Å²) in [5.41, 5.74) is -0.856. The summed E-state index contributed by atoms with van der Waals surface area (Å²) in [4.78, 5) is 36.1. The normalized spacial score (nSPS) is 10.5. The van der Waals surface area contributed by atoms with Crippen LogP contribution in [0.4, 0.5) is 5.69 Å². The average molecular weight is 495 g/mol. The molecule has 3 N–H and O–H groups in total. The Morgan fingerprint density at radius 2 is 1.87 bits per heavy atom. The van der Waals surface area contributed by atoms with Crippen molar-refractivity contribution in [2.24, 2.45) is 0 Å². The third-order valence-corrected chi connectivity index (χ3v) is 4.81. The van der Waals surface area contributed by atoms with Gasteiger partial charge in [0, 0.05) is 16.6 Å². The second-order valence-corrected chi connectivity index (χ2v) is 7.22. The number of aromatic carboxylic acids is 1. The number of rotatable bonds is 5. The van der Waals surface area contributed by atoms with E-state index in [1.165, 1.54) is 13.2 Å². The second kappa shape index (κ2) is 8.56. The van der Waals surface area contributed by atoms with Crippen LogP contribution in [0, 0.1) is 0 Å².